The molecule has 0 bridgehead atoms. The topological polar surface area (TPSA) is 70.7 Å². The van der Waals surface area contributed by atoms with E-state index in [9.17, 15) is 9.59 Å². The zero-order valence-electron chi connectivity index (χ0n) is 16.7. The summed E-state index contributed by atoms with van der Waals surface area (Å²) in [6, 6.07) is 18.0. The minimum Gasteiger partial charge on any atom is -0.465 e. The molecule has 6 nitrogen and oxygen atoms in total. The second kappa shape index (κ2) is 8.35. The number of carbonyl (C=O) groups excluding carboxylic acids is 2. The highest BCUT2D eigenvalue weighted by molar-refractivity contribution is 5.89. The number of piperidine rings is 1. The van der Waals surface area contributed by atoms with Crippen LogP contribution in [0.5, 0.6) is 0 Å². The van der Waals surface area contributed by atoms with E-state index >= 15 is 0 Å². The van der Waals surface area contributed by atoms with Crippen LogP contribution in [0.15, 0.2) is 54.6 Å². The number of amides is 1. The first-order valence-corrected chi connectivity index (χ1v) is 10.1. The summed E-state index contributed by atoms with van der Waals surface area (Å²) in [5, 5.41) is 6.42. The van der Waals surface area contributed by atoms with Crippen LogP contribution >= 0.6 is 0 Å². The average molecular weight is 393 g/mol. The van der Waals surface area contributed by atoms with Gasteiger partial charge in [-0.1, -0.05) is 42.5 Å². The van der Waals surface area contributed by atoms with E-state index in [1.165, 1.54) is 7.11 Å². The van der Waals surface area contributed by atoms with Gasteiger partial charge in [-0.25, -0.2) is 4.79 Å². The van der Waals surface area contributed by atoms with Crippen LogP contribution in [-0.2, 0) is 14.9 Å². The van der Waals surface area contributed by atoms with Crippen LogP contribution in [0.2, 0.25) is 0 Å². The van der Waals surface area contributed by atoms with Crippen LogP contribution in [0.4, 0.5) is 0 Å². The number of hydrogen-bond donors (Lipinski definition) is 2. The first-order chi connectivity index (χ1) is 14.1. The summed E-state index contributed by atoms with van der Waals surface area (Å²) in [5.74, 6) is -0.276. The summed E-state index contributed by atoms with van der Waals surface area (Å²) in [7, 11) is 1.40. The summed E-state index contributed by atoms with van der Waals surface area (Å²) in [5.41, 5.74) is 2.36. The molecule has 0 saturated carbocycles. The molecule has 2 aromatic carbocycles. The molecule has 0 radical (unpaired) electrons. The van der Waals surface area contributed by atoms with Gasteiger partial charge in [-0.3, -0.25) is 9.69 Å². The largest absolute Gasteiger partial charge is 0.465 e. The Bertz CT molecular complexity index is 880. The summed E-state index contributed by atoms with van der Waals surface area (Å²) < 4.78 is 4.94. The van der Waals surface area contributed by atoms with Crippen molar-refractivity contribution in [2.24, 2.45) is 0 Å². The molecule has 0 aliphatic carbocycles. The Balaban J connectivity index is 1.87. The summed E-state index contributed by atoms with van der Waals surface area (Å²) in [4.78, 5) is 27.2. The maximum absolute atomic E-state index is 12.6. The van der Waals surface area contributed by atoms with E-state index in [0.717, 1.165) is 37.3 Å². The summed E-state index contributed by atoms with van der Waals surface area (Å²) in [6.07, 6.45) is 1.26. The standard InChI is InChI=1S/C23H27N3O3/c1-29-22(28)18-7-5-6-17(14-18)21(26-13-12-24-16-26)23(10-11-25-20(27)15-23)19-8-3-2-4-9-19/h2-9,14,21,24H,10-13,15-16H2,1H3,(H,25,27). The molecule has 6 heteroatoms. The van der Waals surface area contributed by atoms with Crippen molar-refractivity contribution >= 4 is 11.9 Å². The number of benzene rings is 2. The van der Waals surface area contributed by atoms with Gasteiger partial charge in [-0.2, -0.15) is 0 Å². The maximum Gasteiger partial charge on any atom is 0.337 e. The Kier molecular flexibility index (Phi) is 5.65. The lowest BCUT2D eigenvalue weighted by Gasteiger charge is -2.47. The Morgan fingerprint density at radius 1 is 1.14 bits per heavy atom. The van der Waals surface area contributed by atoms with Gasteiger partial charge in [0.05, 0.1) is 12.7 Å². The second-order valence-corrected chi connectivity index (χ2v) is 7.79. The fourth-order valence-corrected chi connectivity index (χ4v) is 4.85. The number of methoxy groups -OCH3 is 1. The predicted molar refractivity (Wildman–Crippen MR) is 110 cm³/mol. The minimum absolute atomic E-state index is 0.0319. The zero-order chi connectivity index (χ0) is 20.3. The second-order valence-electron chi connectivity index (χ2n) is 7.79. The van der Waals surface area contributed by atoms with Gasteiger partial charge in [-0.15, -0.1) is 0 Å². The minimum atomic E-state index is -0.371. The molecule has 2 atom stereocenters. The van der Waals surface area contributed by atoms with Gasteiger partial charge in [0.15, 0.2) is 0 Å². The van der Waals surface area contributed by atoms with Crippen LogP contribution in [0.1, 0.15) is 40.4 Å². The fraction of sp³-hybridized carbons (Fsp3) is 0.391. The SMILES string of the molecule is COC(=O)c1cccc(C(N2CCNC2)C2(c3ccccc3)CCNC(=O)C2)c1. The van der Waals surface area contributed by atoms with E-state index in [0.29, 0.717) is 18.5 Å². The van der Waals surface area contributed by atoms with Crippen molar-refractivity contribution in [2.45, 2.75) is 24.3 Å². The van der Waals surface area contributed by atoms with Crippen LogP contribution in [0.25, 0.3) is 0 Å². The molecule has 2 aromatic rings. The highest BCUT2D eigenvalue weighted by atomic mass is 16.5. The molecule has 2 aliphatic heterocycles. The fourth-order valence-electron chi connectivity index (χ4n) is 4.85. The smallest absolute Gasteiger partial charge is 0.337 e. The zero-order valence-corrected chi connectivity index (χ0v) is 16.7. The van der Waals surface area contributed by atoms with Gasteiger partial charge < -0.3 is 15.4 Å². The van der Waals surface area contributed by atoms with E-state index in [4.69, 9.17) is 4.74 Å². The van der Waals surface area contributed by atoms with Crippen molar-refractivity contribution in [3.05, 3.63) is 71.3 Å². The number of hydrogen-bond acceptors (Lipinski definition) is 5. The van der Waals surface area contributed by atoms with E-state index < -0.39 is 0 Å². The molecule has 2 unspecified atom stereocenters. The molecule has 0 aromatic heterocycles. The Morgan fingerprint density at radius 2 is 1.97 bits per heavy atom. The molecule has 2 fully saturated rings. The van der Waals surface area contributed by atoms with E-state index in [2.05, 4.69) is 33.7 Å². The monoisotopic (exact) mass is 393 g/mol. The third kappa shape index (κ3) is 3.78. The van der Waals surface area contributed by atoms with Gasteiger partial charge in [0, 0.05) is 44.2 Å². The van der Waals surface area contributed by atoms with Crippen molar-refractivity contribution in [3.63, 3.8) is 0 Å². The third-order valence-electron chi connectivity index (χ3n) is 6.12. The van der Waals surface area contributed by atoms with E-state index in [1.807, 2.05) is 30.3 Å². The first-order valence-electron chi connectivity index (χ1n) is 10.1. The first kappa shape index (κ1) is 19.6. The molecule has 2 N–H and O–H groups in total. The highest BCUT2D eigenvalue weighted by Gasteiger charge is 2.47. The Hall–Kier alpha value is -2.70. The normalized spacial score (nSPS) is 23.4. The molecular formula is C23H27N3O3. The summed E-state index contributed by atoms with van der Waals surface area (Å²) in [6.45, 7) is 3.19. The molecule has 2 saturated heterocycles. The lowest BCUT2D eigenvalue weighted by atomic mass is 9.65. The number of ether oxygens (including phenoxy) is 1. The average Bonchev–Trinajstić information content (AvgIpc) is 3.28. The number of nitrogens with one attached hydrogen (secondary N) is 2. The van der Waals surface area contributed by atoms with Crippen molar-refractivity contribution in [2.75, 3.05) is 33.4 Å². The lowest BCUT2D eigenvalue weighted by Crippen LogP contribution is -2.51. The molecule has 29 heavy (non-hydrogen) atoms. The lowest BCUT2D eigenvalue weighted by molar-refractivity contribution is -0.125. The van der Waals surface area contributed by atoms with Crippen LogP contribution in [-0.4, -0.2) is 50.2 Å². The molecule has 0 spiro atoms. The van der Waals surface area contributed by atoms with Crippen LogP contribution in [0, 0.1) is 0 Å². The molecular weight excluding hydrogens is 366 g/mol. The van der Waals surface area contributed by atoms with Crippen LogP contribution < -0.4 is 10.6 Å². The van der Waals surface area contributed by atoms with Crippen molar-refractivity contribution in [3.8, 4) is 0 Å². The number of rotatable bonds is 5. The Labute approximate surface area is 171 Å². The van der Waals surface area contributed by atoms with Gasteiger partial charge in [0.25, 0.3) is 0 Å². The van der Waals surface area contributed by atoms with E-state index in [-0.39, 0.29) is 23.3 Å². The van der Waals surface area contributed by atoms with E-state index in [1.54, 1.807) is 6.07 Å². The summed E-state index contributed by atoms with van der Waals surface area (Å²) >= 11 is 0. The number of nitrogens with zero attached hydrogens (tertiary/aromatic N) is 1. The van der Waals surface area contributed by atoms with Crippen molar-refractivity contribution < 1.29 is 14.3 Å². The van der Waals surface area contributed by atoms with Crippen molar-refractivity contribution in [1.29, 1.82) is 0 Å². The molecule has 4 rings (SSSR count). The third-order valence-corrected chi connectivity index (χ3v) is 6.12. The number of carbonyl (C=O) groups is 2. The highest BCUT2D eigenvalue weighted by Crippen LogP contribution is 2.48. The van der Waals surface area contributed by atoms with Gasteiger partial charge >= 0.3 is 5.97 Å². The van der Waals surface area contributed by atoms with Gasteiger partial charge in [-0.05, 0) is 29.7 Å². The molecule has 2 aliphatic rings. The maximum atomic E-state index is 12.6. The molecule has 152 valence electrons. The van der Waals surface area contributed by atoms with Gasteiger partial charge in [0.2, 0.25) is 5.91 Å². The quantitative estimate of drug-likeness (QED) is 0.763. The predicted octanol–water partition coefficient (Wildman–Crippen LogP) is 2.22. The number of esters is 1. The van der Waals surface area contributed by atoms with Crippen LogP contribution in [0.3, 0.4) is 0 Å². The van der Waals surface area contributed by atoms with Gasteiger partial charge in [0.1, 0.15) is 0 Å². The molecule has 2 heterocycles. The Morgan fingerprint density at radius 3 is 2.66 bits per heavy atom. The van der Waals surface area contributed by atoms with Crippen molar-refractivity contribution in [1.82, 2.24) is 15.5 Å². The molecule has 1 amide bonds.